The van der Waals surface area contributed by atoms with Gasteiger partial charge in [0.25, 0.3) is 0 Å². The van der Waals surface area contributed by atoms with Crippen LogP contribution in [0.2, 0.25) is 0 Å². The Morgan fingerprint density at radius 3 is 2.46 bits per heavy atom. The Morgan fingerprint density at radius 1 is 1.12 bits per heavy atom. The fourth-order valence-corrected chi connectivity index (χ4v) is 6.76. The SMILES string of the molecule is Cn1c(SCc2cccnc2)nnc1C12CC3CC(CC(C3)C1)C2. The first-order valence-electron chi connectivity index (χ1n) is 9.13. The van der Waals surface area contributed by atoms with Crippen molar-refractivity contribution in [2.75, 3.05) is 0 Å². The van der Waals surface area contributed by atoms with Crippen LogP contribution in [0.1, 0.15) is 49.9 Å². The van der Waals surface area contributed by atoms with E-state index in [-0.39, 0.29) is 0 Å². The monoisotopic (exact) mass is 340 g/mol. The second kappa shape index (κ2) is 5.58. The Morgan fingerprint density at radius 2 is 1.83 bits per heavy atom. The molecule has 0 N–H and O–H groups in total. The quantitative estimate of drug-likeness (QED) is 0.790. The van der Waals surface area contributed by atoms with Crippen LogP contribution in [0.15, 0.2) is 29.7 Å². The largest absolute Gasteiger partial charge is 0.309 e. The lowest BCUT2D eigenvalue weighted by atomic mass is 9.49. The van der Waals surface area contributed by atoms with Crippen LogP contribution in [0, 0.1) is 17.8 Å². The molecular weight excluding hydrogens is 316 g/mol. The summed E-state index contributed by atoms with van der Waals surface area (Å²) in [6.07, 6.45) is 12.2. The van der Waals surface area contributed by atoms with E-state index in [1.807, 2.05) is 18.5 Å². The summed E-state index contributed by atoms with van der Waals surface area (Å²) in [5, 5.41) is 10.3. The van der Waals surface area contributed by atoms with Crippen LogP contribution < -0.4 is 0 Å². The highest BCUT2D eigenvalue weighted by Crippen LogP contribution is 2.60. The fourth-order valence-electron chi connectivity index (χ4n) is 5.92. The maximum atomic E-state index is 4.69. The van der Waals surface area contributed by atoms with E-state index in [9.17, 15) is 0 Å². The molecule has 4 bridgehead atoms. The summed E-state index contributed by atoms with van der Waals surface area (Å²) in [5.74, 6) is 4.99. The summed E-state index contributed by atoms with van der Waals surface area (Å²) < 4.78 is 2.29. The molecule has 0 aromatic carbocycles. The van der Waals surface area contributed by atoms with Gasteiger partial charge in [-0.25, -0.2) is 0 Å². The second-order valence-electron chi connectivity index (χ2n) is 8.21. The minimum absolute atomic E-state index is 0.323. The van der Waals surface area contributed by atoms with Crippen molar-refractivity contribution in [1.82, 2.24) is 19.7 Å². The van der Waals surface area contributed by atoms with E-state index in [4.69, 9.17) is 5.10 Å². The number of rotatable bonds is 4. The zero-order valence-corrected chi connectivity index (χ0v) is 15.0. The maximum absolute atomic E-state index is 4.69. The highest BCUT2D eigenvalue weighted by molar-refractivity contribution is 7.98. The average molecular weight is 340 g/mol. The molecule has 0 radical (unpaired) electrons. The molecule has 4 saturated carbocycles. The van der Waals surface area contributed by atoms with E-state index in [0.29, 0.717) is 5.41 Å². The first-order valence-corrected chi connectivity index (χ1v) is 10.1. The summed E-state index contributed by atoms with van der Waals surface area (Å²) in [7, 11) is 2.17. The van der Waals surface area contributed by atoms with Crippen molar-refractivity contribution in [3.63, 3.8) is 0 Å². The lowest BCUT2D eigenvalue weighted by molar-refractivity contribution is -0.0109. The Hall–Kier alpha value is -1.36. The Bertz CT molecular complexity index is 704. The molecule has 0 saturated heterocycles. The van der Waals surface area contributed by atoms with Crippen molar-refractivity contribution in [3.05, 3.63) is 35.9 Å². The summed E-state index contributed by atoms with van der Waals surface area (Å²) in [5.41, 5.74) is 1.56. The van der Waals surface area contributed by atoms with Crippen LogP contribution in [0.5, 0.6) is 0 Å². The minimum Gasteiger partial charge on any atom is -0.309 e. The van der Waals surface area contributed by atoms with Gasteiger partial charge in [-0.05, 0) is 67.9 Å². The van der Waals surface area contributed by atoms with E-state index in [1.165, 1.54) is 49.9 Å². The standard InChI is InChI=1S/C19H24N4S/c1-23-17(19-8-14-5-15(9-19)7-16(6-14)10-19)21-22-18(23)24-12-13-3-2-4-20-11-13/h2-4,11,14-16H,5-10,12H2,1H3. The molecule has 0 unspecified atom stereocenters. The molecule has 0 aliphatic heterocycles. The summed E-state index contributed by atoms with van der Waals surface area (Å²) in [4.78, 5) is 4.20. The number of pyridine rings is 1. The Labute approximate surface area is 147 Å². The van der Waals surface area contributed by atoms with Crippen LogP contribution in [-0.2, 0) is 18.2 Å². The summed E-state index contributed by atoms with van der Waals surface area (Å²) >= 11 is 1.77. The van der Waals surface area contributed by atoms with E-state index in [0.717, 1.165) is 28.7 Å². The van der Waals surface area contributed by atoms with Gasteiger partial charge in [0.05, 0.1) is 0 Å². The molecule has 4 fully saturated rings. The van der Waals surface area contributed by atoms with Crippen LogP contribution in [-0.4, -0.2) is 19.7 Å². The molecule has 4 aliphatic rings. The van der Waals surface area contributed by atoms with E-state index in [2.05, 4.69) is 27.8 Å². The van der Waals surface area contributed by atoms with Crippen molar-refractivity contribution in [2.45, 2.75) is 54.8 Å². The summed E-state index contributed by atoms with van der Waals surface area (Å²) in [6.45, 7) is 0. The van der Waals surface area contributed by atoms with Crippen molar-refractivity contribution in [3.8, 4) is 0 Å². The second-order valence-corrected chi connectivity index (χ2v) is 9.16. The number of nitrogens with zero attached hydrogens (tertiary/aromatic N) is 4. The molecule has 5 heteroatoms. The predicted molar refractivity (Wildman–Crippen MR) is 94.7 cm³/mol. The third-order valence-corrected chi connectivity index (χ3v) is 7.53. The molecule has 4 nitrogen and oxygen atoms in total. The van der Waals surface area contributed by atoms with Crippen molar-refractivity contribution < 1.29 is 0 Å². The van der Waals surface area contributed by atoms with Gasteiger partial charge in [0, 0.05) is 30.6 Å². The minimum atomic E-state index is 0.323. The first-order chi connectivity index (χ1) is 11.7. The zero-order valence-electron chi connectivity index (χ0n) is 14.2. The van der Waals surface area contributed by atoms with Crippen molar-refractivity contribution >= 4 is 11.8 Å². The van der Waals surface area contributed by atoms with Gasteiger partial charge in [0.15, 0.2) is 5.16 Å². The first kappa shape index (κ1) is 14.9. The number of hydrogen-bond donors (Lipinski definition) is 0. The lowest BCUT2D eigenvalue weighted by Gasteiger charge is -2.56. The normalized spacial score (nSPS) is 34.0. The van der Waals surface area contributed by atoms with Crippen molar-refractivity contribution in [1.29, 1.82) is 0 Å². The third kappa shape index (κ3) is 2.40. The molecule has 4 aliphatic carbocycles. The van der Waals surface area contributed by atoms with Gasteiger partial charge in [0.2, 0.25) is 0 Å². The molecule has 6 rings (SSSR count). The molecule has 2 aromatic heterocycles. The number of aromatic nitrogens is 4. The highest BCUT2D eigenvalue weighted by Gasteiger charge is 2.53. The topological polar surface area (TPSA) is 43.6 Å². The molecule has 24 heavy (non-hydrogen) atoms. The molecule has 0 amide bonds. The van der Waals surface area contributed by atoms with Crippen LogP contribution in [0.25, 0.3) is 0 Å². The van der Waals surface area contributed by atoms with Gasteiger partial charge >= 0.3 is 0 Å². The smallest absolute Gasteiger partial charge is 0.191 e. The molecule has 2 aromatic rings. The number of thioether (sulfide) groups is 1. The molecule has 2 heterocycles. The van der Waals surface area contributed by atoms with Crippen LogP contribution in [0.4, 0.5) is 0 Å². The molecular formula is C19H24N4S. The third-order valence-electron chi connectivity index (χ3n) is 6.44. The zero-order chi connectivity index (χ0) is 16.1. The van der Waals surface area contributed by atoms with E-state index < -0.39 is 0 Å². The lowest BCUT2D eigenvalue weighted by Crippen LogP contribution is -2.49. The fraction of sp³-hybridized carbons (Fsp3) is 0.632. The van der Waals surface area contributed by atoms with Gasteiger partial charge in [-0.3, -0.25) is 4.98 Å². The Kier molecular flexibility index (Phi) is 3.47. The van der Waals surface area contributed by atoms with Gasteiger partial charge in [-0.1, -0.05) is 17.8 Å². The van der Waals surface area contributed by atoms with E-state index >= 15 is 0 Å². The van der Waals surface area contributed by atoms with Gasteiger partial charge < -0.3 is 4.57 Å². The predicted octanol–water partition coefficient (Wildman–Crippen LogP) is 3.97. The highest BCUT2D eigenvalue weighted by atomic mass is 32.2. The number of hydrogen-bond acceptors (Lipinski definition) is 4. The Balaban J connectivity index is 1.39. The molecule has 0 spiro atoms. The summed E-state index contributed by atoms with van der Waals surface area (Å²) in [6, 6.07) is 4.11. The maximum Gasteiger partial charge on any atom is 0.191 e. The van der Waals surface area contributed by atoms with Gasteiger partial charge in [-0.2, -0.15) is 0 Å². The van der Waals surface area contributed by atoms with E-state index in [1.54, 1.807) is 11.8 Å². The van der Waals surface area contributed by atoms with Crippen LogP contribution in [0.3, 0.4) is 0 Å². The van der Waals surface area contributed by atoms with Gasteiger partial charge in [0.1, 0.15) is 5.82 Å². The van der Waals surface area contributed by atoms with Crippen LogP contribution >= 0.6 is 11.8 Å². The van der Waals surface area contributed by atoms with Crippen molar-refractivity contribution in [2.24, 2.45) is 24.8 Å². The van der Waals surface area contributed by atoms with Gasteiger partial charge in [-0.15, -0.1) is 10.2 Å². The average Bonchev–Trinajstić information content (AvgIpc) is 2.94. The molecule has 126 valence electrons. The molecule has 0 atom stereocenters.